The predicted octanol–water partition coefficient (Wildman–Crippen LogP) is 4.39. The maximum atomic E-state index is 13.8. The minimum Gasteiger partial charge on any atom is -0.379 e. The van der Waals surface area contributed by atoms with Gasteiger partial charge in [-0.15, -0.1) is 0 Å². The molecule has 38 heavy (non-hydrogen) atoms. The summed E-state index contributed by atoms with van der Waals surface area (Å²) in [7, 11) is 0. The van der Waals surface area contributed by atoms with E-state index >= 15 is 0 Å². The number of carbonyl (C=O) groups is 2. The van der Waals surface area contributed by atoms with Gasteiger partial charge in [0.2, 0.25) is 0 Å². The molecule has 0 aliphatic carbocycles. The number of aryl methyl sites for hydroxylation is 2. The van der Waals surface area contributed by atoms with Crippen LogP contribution in [0.15, 0.2) is 47.6 Å². The molecule has 2 aliphatic rings. The smallest absolute Gasteiger partial charge is 0.317 e. The molecule has 204 valence electrons. The van der Waals surface area contributed by atoms with Gasteiger partial charge in [0, 0.05) is 44.2 Å². The van der Waals surface area contributed by atoms with Crippen molar-refractivity contribution in [1.82, 2.24) is 20.1 Å². The molecule has 2 aromatic carbocycles. The topological polar surface area (TPSA) is 77.5 Å². The van der Waals surface area contributed by atoms with Crippen molar-refractivity contribution in [3.05, 3.63) is 69.7 Å². The van der Waals surface area contributed by atoms with Crippen LogP contribution in [-0.4, -0.2) is 84.9 Å². The second-order valence-electron chi connectivity index (χ2n) is 9.96. The molecule has 2 aliphatic heterocycles. The molecule has 0 aromatic heterocycles. The summed E-state index contributed by atoms with van der Waals surface area (Å²) in [4.78, 5) is 30.7. The molecule has 0 bridgehead atoms. The van der Waals surface area contributed by atoms with E-state index in [9.17, 15) is 9.59 Å². The molecule has 0 saturated carbocycles. The summed E-state index contributed by atoms with van der Waals surface area (Å²) >= 11 is 6.15. The van der Waals surface area contributed by atoms with Gasteiger partial charge in [-0.2, -0.15) is 5.10 Å². The minimum atomic E-state index is -0.267. The molecule has 8 nitrogen and oxygen atoms in total. The van der Waals surface area contributed by atoms with Crippen LogP contribution in [0, 0.1) is 13.8 Å². The van der Waals surface area contributed by atoms with Gasteiger partial charge in [-0.05, 0) is 60.7 Å². The Morgan fingerprint density at radius 2 is 1.84 bits per heavy atom. The average molecular weight is 540 g/mol. The third-order valence-corrected chi connectivity index (χ3v) is 7.44. The largest absolute Gasteiger partial charge is 0.379 e. The van der Waals surface area contributed by atoms with E-state index in [2.05, 4.69) is 42.3 Å². The predicted molar refractivity (Wildman–Crippen MR) is 151 cm³/mol. The van der Waals surface area contributed by atoms with Crippen LogP contribution in [0.5, 0.6) is 0 Å². The van der Waals surface area contributed by atoms with Crippen molar-refractivity contribution in [3.63, 3.8) is 0 Å². The summed E-state index contributed by atoms with van der Waals surface area (Å²) in [6, 6.07) is 13.3. The van der Waals surface area contributed by atoms with Crippen molar-refractivity contribution < 1.29 is 14.3 Å². The van der Waals surface area contributed by atoms with Crippen LogP contribution in [0.3, 0.4) is 0 Å². The van der Waals surface area contributed by atoms with Gasteiger partial charge in [0.25, 0.3) is 5.91 Å². The lowest BCUT2D eigenvalue weighted by Gasteiger charge is -2.31. The number of hydrazone groups is 1. The van der Waals surface area contributed by atoms with Gasteiger partial charge in [-0.1, -0.05) is 42.8 Å². The van der Waals surface area contributed by atoms with Crippen LogP contribution >= 0.6 is 11.6 Å². The first-order valence-electron chi connectivity index (χ1n) is 13.4. The second-order valence-corrected chi connectivity index (χ2v) is 10.4. The summed E-state index contributed by atoms with van der Waals surface area (Å²) in [6.45, 7) is 10.9. The molecule has 4 rings (SSSR count). The number of ether oxygens (including phenoxy) is 1. The van der Waals surface area contributed by atoms with Gasteiger partial charge < -0.3 is 15.0 Å². The summed E-state index contributed by atoms with van der Waals surface area (Å²) < 4.78 is 5.44. The van der Waals surface area contributed by atoms with E-state index in [0.29, 0.717) is 44.3 Å². The zero-order chi connectivity index (χ0) is 27.1. The van der Waals surface area contributed by atoms with Crippen LogP contribution in [0.4, 0.5) is 4.79 Å². The Balaban J connectivity index is 1.56. The number of benzene rings is 2. The normalized spacial score (nSPS) is 17.8. The third kappa shape index (κ3) is 7.12. The highest BCUT2D eigenvalue weighted by atomic mass is 35.5. The number of nitrogens with zero attached hydrogens (tertiary/aromatic N) is 4. The van der Waals surface area contributed by atoms with Crippen molar-refractivity contribution >= 4 is 29.3 Å². The van der Waals surface area contributed by atoms with Gasteiger partial charge in [-0.25, -0.2) is 9.80 Å². The van der Waals surface area contributed by atoms with Gasteiger partial charge in [0.15, 0.2) is 0 Å². The molecule has 3 amide bonds. The molecular weight excluding hydrogens is 502 g/mol. The van der Waals surface area contributed by atoms with Crippen LogP contribution in [0.25, 0.3) is 0 Å². The maximum Gasteiger partial charge on any atom is 0.317 e. The molecule has 1 fully saturated rings. The first-order valence-corrected chi connectivity index (χ1v) is 13.8. The highest BCUT2D eigenvalue weighted by Crippen LogP contribution is 2.34. The van der Waals surface area contributed by atoms with Crippen LogP contribution in [0.1, 0.15) is 48.1 Å². The van der Waals surface area contributed by atoms with Crippen molar-refractivity contribution in [1.29, 1.82) is 0 Å². The lowest BCUT2D eigenvalue weighted by molar-refractivity contribution is -0.133. The molecular formula is C29H38ClN5O3. The Hall–Kier alpha value is -2.94. The van der Waals surface area contributed by atoms with Gasteiger partial charge in [0.1, 0.15) is 6.54 Å². The number of hydrogen-bond acceptors (Lipinski definition) is 5. The molecule has 2 aromatic rings. The molecule has 2 heterocycles. The number of urea groups is 1. The number of rotatable bonds is 9. The van der Waals surface area contributed by atoms with Crippen LogP contribution < -0.4 is 5.32 Å². The zero-order valence-corrected chi connectivity index (χ0v) is 23.3. The number of morpholine rings is 1. The Morgan fingerprint density at radius 3 is 2.53 bits per heavy atom. The van der Waals surface area contributed by atoms with E-state index in [1.165, 1.54) is 11.1 Å². The fourth-order valence-electron chi connectivity index (χ4n) is 4.70. The monoisotopic (exact) mass is 539 g/mol. The lowest BCUT2D eigenvalue weighted by atomic mass is 9.96. The highest BCUT2D eigenvalue weighted by Gasteiger charge is 2.34. The fraction of sp³-hybridized carbons (Fsp3) is 0.483. The molecule has 1 unspecified atom stereocenters. The molecule has 1 N–H and O–H groups in total. The summed E-state index contributed by atoms with van der Waals surface area (Å²) in [5.41, 5.74) is 5.22. The molecule has 9 heteroatoms. The number of nitrogens with one attached hydrogen (secondary N) is 1. The second kappa shape index (κ2) is 13.2. The first kappa shape index (κ1) is 28.1. The SMILES string of the molecule is CCCNC(=O)N(CCN1CCOCC1)CC(=O)N1N=C(c2ccc(C)c(C)c2)CC1c1ccc(Cl)cc1. The van der Waals surface area contributed by atoms with Crippen LogP contribution in [0.2, 0.25) is 5.02 Å². The number of hydrogen-bond donors (Lipinski definition) is 1. The number of halogens is 1. The van der Waals surface area contributed by atoms with E-state index in [4.69, 9.17) is 21.4 Å². The summed E-state index contributed by atoms with van der Waals surface area (Å²) in [5, 5.41) is 9.95. The van der Waals surface area contributed by atoms with Crippen molar-refractivity contribution in [2.45, 2.75) is 39.7 Å². The van der Waals surface area contributed by atoms with E-state index < -0.39 is 0 Å². The van der Waals surface area contributed by atoms with Gasteiger partial charge in [-0.3, -0.25) is 9.69 Å². The minimum absolute atomic E-state index is 0.0479. The fourth-order valence-corrected chi connectivity index (χ4v) is 4.83. The Bertz CT molecular complexity index is 1150. The molecule has 0 spiro atoms. The van der Waals surface area contributed by atoms with Gasteiger partial charge in [0.05, 0.1) is 25.0 Å². The van der Waals surface area contributed by atoms with Crippen LogP contribution in [-0.2, 0) is 9.53 Å². The quantitative estimate of drug-likeness (QED) is 0.513. The Labute approximate surface area is 230 Å². The molecule has 0 radical (unpaired) electrons. The van der Waals surface area contributed by atoms with E-state index in [-0.39, 0.29) is 24.5 Å². The third-order valence-electron chi connectivity index (χ3n) is 7.19. The first-order chi connectivity index (χ1) is 18.4. The van der Waals surface area contributed by atoms with E-state index in [1.807, 2.05) is 31.2 Å². The highest BCUT2D eigenvalue weighted by molar-refractivity contribution is 6.30. The number of carbonyl (C=O) groups excluding carboxylic acids is 2. The van der Waals surface area contributed by atoms with E-state index in [1.54, 1.807) is 9.91 Å². The average Bonchev–Trinajstić information content (AvgIpc) is 3.38. The van der Waals surface area contributed by atoms with E-state index in [0.717, 1.165) is 36.3 Å². The van der Waals surface area contributed by atoms with Crippen molar-refractivity contribution in [2.24, 2.45) is 5.10 Å². The molecule has 1 atom stereocenters. The summed E-state index contributed by atoms with van der Waals surface area (Å²) in [5.74, 6) is -0.211. The standard InChI is InChI=1S/C29H38ClN5O3/c1-4-11-31-29(37)34(13-12-33-14-16-38-17-15-33)20-28(36)35-27(23-7-9-25(30)10-8-23)19-26(32-35)24-6-5-21(2)22(3)18-24/h5-10,18,27H,4,11-17,19-20H2,1-3H3,(H,31,37). The zero-order valence-electron chi connectivity index (χ0n) is 22.6. The summed E-state index contributed by atoms with van der Waals surface area (Å²) in [6.07, 6.45) is 1.41. The Morgan fingerprint density at radius 1 is 1.11 bits per heavy atom. The lowest BCUT2D eigenvalue weighted by Crippen LogP contribution is -2.49. The van der Waals surface area contributed by atoms with Crippen molar-refractivity contribution in [2.75, 3.05) is 52.5 Å². The maximum absolute atomic E-state index is 13.8. The van der Waals surface area contributed by atoms with Gasteiger partial charge >= 0.3 is 6.03 Å². The Kier molecular flexibility index (Phi) is 9.77. The van der Waals surface area contributed by atoms with Crippen molar-refractivity contribution in [3.8, 4) is 0 Å². The number of amides is 3. The molecule has 1 saturated heterocycles.